The Hall–Kier alpha value is -1.59. The number of hydrogen-bond donors (Lipinski definition) is 1. The Morgan fingerprint density at radius 3 is 2.46 bits per heavy atom. The van der Waals surface area contributed by atoms with Gasteiger partial charge in [0.1, 0.15) is 11.2 Å². The molecule has 2 heterocycles. The van der Waals surface area contributed by atoms with Crippen LogP contribution in [0.15, 0.2) is 18.2 Å². The standard InChI is InChI=1S/C19H28N2O3/c1-13-8-14(2)10-15(9-13)16-19(23-7-6-20-16)11-21(12-19)17(22)24-18(3,4)5/h8-10,16,20H,6-7,11-12H2,1-5H3. The molecular weight excluding hydrogens is 304 g/mol. The van der Waals surface area contributed by atoms with Gasteiger partial charge in [-0.2, -0.15) is 0 Å². The van der Waals surface area contributed by atoms with Crippen molar-refractivity contribution < 1.29 is 14.3 Å². The summed E-state index contributed by atoms with van der Waals surface area (Å²) in [4.78, 5) is 14.0. The van der Waals surface area contributed by atoms with E-state index in [9.17, 15) is 4.79 Å². The Morgan fingerprint density at radius 2 is 1.88 bits per heavy atom. The van der Waals surface area contributed by atoms with Crippen LogP contribution in [0, 0.1) is 13.8 Å². The fourth-order valence-corrected chi connectivity index (χ4v) is 3.65. The van der Waals surface area contributed by atoms with Gasteiger partial charge in [-0.25, -0.2) is 4.79 Å². The second-order valence-electron chi connectivity index (χ2n) is 8.06. The van der Waals surface area contributed by atoms with Crippen LogP contribution in [0.25, 0.3) is 0 Å². The Balaban J connectivity index is 1.76. The number of benzene rings is 1. The quantitative estimate of drug-likeness (QED) is 0.859. The van der Waals surface area contributed by atoms with Crippen LogP contribution in [-0.2, 0) is 9.47 Å². The number of carbonyl (C=O) groups excluding carboxylic acids is 1. The molecular formula is C19H28N2O3. The van der Waals surface area contributed by atoms with E-state index in [0.717, 1.165) is 6.54 Å². The molecule has 1 aromatic carbocycles. The normalized spacial score (nSPS) is 23.0. The smallest absolute Gasteiger partial charge is 0.410 e. The van der Waals surface area contributed by atoms with E-state index in [4.69, 9.17) is 9.47 Å². The predicted molar refractivity (Wildman–Crippen MR) is 93.1 cm³/mol. The zero-order chi connectivity index (χ0) is 17.5. The molecule has 1 atom stereocenters. The van der Waals surface area contributed by atoms with Gasteiger partial charge in [0.25, 0.3) is 0 Å². The topological polar surface area (TPSA) is 50.8 Å². The molecule has 1 aromatic rings. The predicted octanol–water partition coefficient (Wildman–Crippen LogP) is 2.95. The van der Waals surface area contributed by atoms with Crippen molar-refractivity contribution in [3.05, 3.63) is 34.9 Å². The van der Waals surface area contributed by atoms with Gasteiger partial charge in [-0.1, -0.05) is 29.3 Å². The summed E-state index contributed by atoms with van der Waals surface area (Å²) in [5, 5.41) is 3.59. The molecule has 1 spiro atoms. The molecule has 5 nitrogen and oxygen atoms in total. The number of nitrogens with one attached hydrogen (secondary N) is 1. The Morgan fingerprint density at radius 1 is 1.25 bits per heavy atom. The lowest BCUT2D eigenvalue weighted by Gasteiger charge is -2.55. The first-order chi connectivity index (χ1) is 11.2. The molecule has 1 N–H and O–H groups in total. The summed E-state index contributed by atoms with van der Waals surface area (Å²) in [6, 6.07) is 6.69. The van der Waals surface area contributed by atoms with Crippen LogP contribution < -0.4 is 5.32 Å². The van der Waals surface area contributed by atoms with Crippen LogP contribution in [0.3, 0.4) is 0 Å². The minimum absolute atomic E-state index is 0.100. The number of ether oxygens (including phenoxy) is 2. The number of rotatable bonds is 1. The highest BCUT2D eigenvalue weighted by Crippen LogP contribution is 2.40. The summed E-state index contributed by atoms with van der Waals surface area (Å²) in [6.07, 6.45) is -0.263. The van der Waals surface area contributed by atoms with Gasteiger partial charge in [0.2, 0.25) is 0 Å². The van der Waals surface area contributed by atoms with E-state index in [0.29, 0.717) is 19.7 Å². The van der Waals surface area contributed by atoms with Gasteiger partial charge in [0, 0.05) is 6.54 Å². The highest BCUT2D eigenvalue weighted by molar-refractivity contribution is 5.70. The van der Waals surface area contributed by atoms with Crippen molar-refractivity contribution in [2.75, 3.05) is 26.2 Å². The van der Waals surface area contributed by atoms with E-state index in [-0.39, 0.29) is 17.7 Å². The number of hydrogen-bond acceptors (Lipinski definition) is 4. The molecule has 24 heavy (non-hydrogen) atoms. The average Bonchev–Trinajstić information content (AvgIpc) is 2.41. The van der Waals surface area contributed by atoms with Gasteiger partial charge in [-0.3, -0.25) is 0 Å². The summed E-state index contributed by atoms with van der Waals surface area (Å²) in [5.41, 5.74) is 2.90. The molecule has 3 rings (SSSR count). The first-order valence-corrected chi connectivity index (χ1v) is 8.62. The molecule has 132 valence electrons. The largest absolute Gasteiger partial charge is 0.444 e. The summed E-state index contributed by atoms with van der Waals surface area (Å²) in [7, 11) is 0. The van der Waals surface area contributed by atoms with Crippen molar-refractivity contribution in [3.8, 4) is 0 Å². The molecule has 1 amide bonds. The maximum absolute atomic E-state index is 12.2. The molecule has 1 unspecified atom stereocenters. The van der Waals surface area contributed by atoms with E-state index in [1.54, 1.807) is 4.90 Å². The third kappa shape index (κ3) is 3.42. The van der Waals surface area contributed by atoms with Crippen LogP contribution in [0.4, 0.5) is 4.79 Å². The monoisotopic (exact) mass is 332 g/mol. The molecule has 2 aliphatic heterocycles. The molecule has 2 saturated heterocycles. The lowest BCUT2D eigenvalue weighted by Crippen LogP contribution is -2.71. The molecule has 2 aliphatic rings. The van der Waals surface area contributed by atoms with Crippen molar-refractivity contribution in [1.82, 2.24) is 10.2 Å². The third-order valence-electron chi connectivity index (χ3n) is 4.51. The summed E-state index contributed by atoms with van der Waals surface area (Å²) < 4.78 is 11.6. The third-order valence-corrected chi connectivity index (χ3v) is 4.51. The minimum Gasteiger partial charge on any atom is -0.444 e. The molecule has 0 aromatic heterocycles. The summed E-state index contributed by atoms with van der Waals surface area (Å²) in [5.74, 6) is 0. The first-order valence-electron chi connectivity index (χ1n) is 8.62. The van der Waals surface area contributed by atoms with Crippen LogP contribution in [-0.4, -0.2) is 48.4 Å². The minimum atomic E-state index is -0.474. The lowest BCUT2D eigenvalue weighted by molar-refractivity contribution is -0.176. The zero-order valence-corrected chi connectivity index (χ0v) is 15.3. The number of nitrogens with zero attached hydrogens (tertiary/aromatic N) is 1. The molecule has 2 fully saturated rings. The number of aryl methyl sites for hydroxylation is 2. The van der Waals surface area contributed by atoms with Crippen molar-refractivity contribution in [2.24, 2.45) is 0 Å². The van der Waals surface area contributed by atoms with Crippen LogP contribution >= 0.6 is 0 Å². The van der Waals surface area contributed by atoms with Crippen LogP contribution in [0.5, 0.6) is 0 Å². The SMILES string of the molecule is Cc1cc(C)cc(C2NCCOC23CN(C(=O)OC(C)(C)C)C3)c1. The number of morpholine rings is 1. The summed E-state index contributed by atoms with van der Waals surface area (Å²) >= 11 is 0. The highest BCUT2D eigenvalue weighted by atomic mass is 16.6. The number of carbonyl (C=O) groups is 1. The number of amides is 1. The van der Waals surface area contributed by atoms with Gasteiger partial charge >= 0.3 is 6.09 Å². The molecule has 0 saturated carbocycles. The Kier molecular flexibility index (Phi) is 4.34. The van der Waals surface area contributed by atoms with Crippen LogP contribution in [0.2, 0.25) is 0 Å². The molecule has 0 radical (unpaired) electrons. The lowest BCUT2D eigenvalue weighted by atomic mass is 9.80. The van der Waals surface area contributed by atoms with Gasteiger partial charge < -0.3 is 19.7 Å². The van der Waals surface area contributed by atoms with Crippen molar-refractivity contribution in [3.63, 3.8) is 0 Å². The van der Waals surface area contributed by atoms with Crippen molar-refractivity contribution in [1.29, 1.82) is 0 Å². The van der Waals surface area contributed by atoms with Crippen molar-refractivity contribution >= 4 is 6.09 Å². The highest BCUT2D eigenvalue weighted by Gasteiger charge is 2.54. The molecule has 5 heteroatoms. The second kappa shape index (κ2) is 6.05. The maximum atomic E-state index is 12.2. The number of likely N-dealkylation sites (tertiary alicyclic amines) is 1. The second-order valence-corrected chi connectivity index (χ2v) is 8.06. The summed E-state index contributed by atoms with van der Waals surface area (Å²) in [6.45, 7) is 12.5. The van der Waals surface area contributed by atoms with Crippen molar-refractivity contribution in [2.45, 2.75) is 51.9 Å². The fraction of sp³-hybridized carbons (Fsp3) is 0.632. The van der Waals surface area contributed by atoms with E-state index in [2.05, 4.69) is 37.4 Å². The first kappa shape index (κ1) is 17.2. The Labute approximate surface area is 144 Å². The molecule has 0 aliphatic carbocycles. The van der Waals surface area contributed by atoms with E-state index < -0.39 is 5.60 Å². The van der Waals surface area contributed by atoms with Gasteiger partial charge in [0.15, 0.2) is 0 Å². The van der Waals surface area contributed by atoms with Gasteiger partial charge in [0.05, 0.1) is 25.7 Å². The fourth-order valence-electron chi connectivity index (χ4n) is 3.65. The Bertz CT molecular complexity index is 610. The van der Waals surface area contributed by atoms with Gasteiger partial charge in [-0.05, 0) is 40.2 Å². The van der Waals surface area contributed by atoms with E-state index >= 15 is 0 Å². The van der Waals surface area contributed by atoms with E-state index in [1.165, 1.54) is 16.7 Å². The van der Waals surface area contributed by atoms with Gasteiger partial charge in [-0.15, -0.1) is 0 Å². The van der Waals surface area contributed by atoms with Crippen LogP contribution in [0.1, 0.15) is 43.5 Å². The molecule has 0 bridgehead atoms. The zero-order valence-electron chi connectivity index (χ0n) is 15.3. The maximum Gasteiger partial charge on any atom is 0.410 e. The average molecular weight is 332 g/mol. The van der Waals surface area contributed by atoms with E-state index in [1.807, 2.05) is 20.8 Å².